The van der Waals surface area contributed by atoms with Gasteiger partial charge in [0, 0.05) is 12.6 Å². The van der Waals surface area contributed by atoms with Crippen LogP contribution in [0, 0.1) is 20.2 Å². The van der Waals surface area contributed by atoms with E-state index in [1.165, 1.54) is 0 Å². The summed E-state index contributed by atoms with van der Waals surface area (Å²) in [5.41, 5.74) is -0.265. The van der Waals surface area contributed by atoms with E-state index in [9.17, 15) is 25.3 Å². The minimum absolute atomic E-state index is 0.0203. The average molecular weight is 289 g/mol. The van der Waals surface area contributed by atoms with Gasteiger partial charge in [0.05, 0.1) is 15.9 Å². The molecule has 0 amide bonds. The molecule has 0 bridgehead atoms. The Morgan fingerprint density at radius 3 is 2.19 bits per heavy atom. The Bertz CT molecular complexity index is 688. The maximum absolute atomic E-state index is 11.0. The van der Waals surface area contributed by atoms with Gasteiger partial charge >= 0.3 is 5.69 Å². The zero-order valence-corrected chi connectivity index (χ0v) is 10.7. The van der Waals surface area contributed by atoms with E-state index in [1.54, 1.807) is 0 Å². The van der Waals surface area contributed by atoms with Crippen molar-refractivity contribution in [2.45, 2.75) is 6.54 Å². The average Bonchev–Trinajstić information content (AvgIpc) is 2.45. The first-order chi connectivity index (χ1) is 9.99. The van der Waals surface area contributed by atoms with Gasteiger partial charge in [0.2, 0.25) is 0 Å². The highest BCUT2D eigenvalue weighted by Crippen LogP contribution is 2.36. The molecule has 2 rings (SSSR count). The number of phenols is 1. The van der Waals surface area contributed by atoms with Crippen molar-refractivity contribution >= 4 is 17.1 Å². The predicted molar refractivity (Wildman–Crippen MR) is 75.2 cm³/mol. The fourth-order valence-electron chi connectivity index (χ4n) is 1.80. The van der Waals surface area contributed by atoms with E-state index in [0.717, 1.165) is 17.7 Å². The zero-order valence-electron chi connectivity index (χ0n) is 10.7. The maximum atomic E-state index is 11.0. The van der Waals surface area contributed by atoms with Gasteiger partial charge in [0.15, 0.2) is 5.75 Å². The molecule has 0 aliphatic heterocycles. The molecule has 2 aromatic rings. The van der Waals surface area contributed by atoms with Gasteiger partial charge in [-0.3, -0.25) is 20.2 Å². The Morgan fingerprint density at radius 2 is 1.62 bits per heavy atom. The summed E-state index contributed by atoms with van der Waals surface area (Å²) in [7, 11) is 0. The summed E-state index contributed by atoms with van der Waals surface area (Å²) in [5, 5.41) is 34.0. The molecule has 0 radical (unpaired) electrons. The first-order valence-electron chi connectivity index (χ1n) is 5.92. The highest BCUT2D eigenvalue weighted by Gasteiger charge is 2.24. The van der Waals surface area contributed by atoms with Gasteiger partial charge in [-0.1, -0.05) is 30.3 Å². The molecule has 0 spiro atoms. The third kappa shape index (κ3) is 3.24. The van der Waals surface area contributed by atoms with Crippen LogP contribution in [0.15, 0.2) is 42.5 Å². The smallest absolute Gasteiger partial charge is 0.317 e. The Kier molecular flexibility index (Phi) is 3.98. The molecule has 0 atom stereocenters. The quantitative estimate of drug-likeness (QED) is 0.645. The second kappa shape index (κ2) is 5.87. The number of hydrogen-bond acceptors (Lipinski definition) is 6. The van der Waals surface area contributed by atoms with Gasteiger partial charge in [-0.05, 0) is 5.56 Å². The van der Waals surface area contributed by atoms with Crippen molar-refractivity contribution in [3.05, 3.63) is 68.3 Å². The summed E-state index contributed by atoms with van der Waals surface area (Å²) in [4.78, 5) is 20.1. The van der Waals surface area contributed by atoms with Gasteiger partial charge in [0.25, 0.3) is 5.69 Å². The Hall–Kier alpha value is -3.16. The summed E-state index contributed by atoms with van der Waals surface area (Å²) in [6.07, 6.45) is 0. The molecule has 0 fully saturated rings. The van der Waals surface area contributed by atoms with E-state index in [2.05, 4.69) is 5.32 Å². The van der Waals surface area contributed by atoms with Gasteiger partial charge in [-0.25, -0.2) is 0 Å². The topological polar surface area (TPSA) is 119 Å². The van der Waals surface area contributed by atoms with E-state index < -0.39 is 27.0 Å². The van der Waals surface area contributed by atoms with Crippen LogP contribution in [0.1, 0.15) is 5.56 Å². The zero-order chi connectivity index (χ0) is 15.4. The molecule has 0 heterocycles. The Morgan fingerprint density at radius 1 is 1.00 bits per heavy atom. The molecule has 2 N–H and O–H groups in total. The van der Waals surface area contributed by atoms with Crippen LogP contribution in [0.3, 0.4) is 0 Å². The number of nitrogens with zero attached hydrogens (tertiary/aromatic N) is 2. The molecule has 0 saturated heterocycles. The van der Waals surface area contributed by atoms with Crippen molar-refractivity contribution in [1.29, 1.82) is 0 Å². The van der Waals surface area contributed by atoms with Gasteiger partial charge in [-0.2, -0.15) is 0 Å². The van der Waals surface area contributed by atoms with E-state index in [1.807, 2.05) is 30.3 Å². The van der Waals surface area contributed by atoms with Crippen LogP contribution in [-0.2, 0) is 6.54 Å². The lowest BCUT2D eigenvalue weighted by molar-refractivity contribution is -0.394. The van der Waals surface area contributed by atoms with Crippen molar-refractivity contribution in [2.24, 2.45) is 0 Å². The Labute approximate surface area is 119 Å². The predicted octanol–water partition coefficient (Wildman–Crippen LogP) is 2.82. The fourth-order valence-corrected chi connectivity index (χ4v) is 1.80. The van der Waals surface area contributed by atoms with Crippen LogP contribution in [0.4, 0.5) is 17.1 Å². The summed E-state index contributed by atoms with van der Waals surface area (Å²) in [6, 6.07) is 10.8. The second-order valence-corrected chi connectivity index (χ2v) is 4.21. The summed E-state index contributed by atoms with van der Waals surface area (Å²) in [6.45, 7) is 0.291. The number of aromatic hydroxyl groups is 1. The SMILES string of the molecule is O=[N+]([O-])c1cc([N+](=O)[O-])c(NCc2ccccc2)cc1O. The van der Waals surface area contributed by atoms with Crippen LogP contribution in [0.2, 0.25) is 0 Å². The van der Waals surface area contributed by atoms with Crippen molar-refractivity contribution in [1.82, 2.24) is 0 Å². The van der Waals surface area contributed by atoms with Crippen LogP contribution in [-0.4, -0.2) is 15.0 Å². The molecule has 0 aromatic heterocycles. The number of rotatable bonds is 5. The highest BCUT2D eigenvalue weighted by molar-refractivity contribution is 5.70. The molecule has 0 saturated carbocycles. The summed E-state index contributed by atoms with van der Waals surface area (Å²) < 4.78 is 0. The third-order valence-corrected chi connectivity index (χ3v) is 2.81. The number of nitrogens with one attached hydrogen (secondary N) is 1. The number of phenolic OH excluding ortho intramolecular Hbond substituents is 1. The molecule has 2 aromatic carbocycles. The first kappa shape index (κ1) is 14.3. The van der Waals surface area contributed by atoms with Crippen molar-refractivity contribution in [3.8, 4) is 5.75 Å². The van der Waals surface area contributed by atoms with Gasteiger partial charge in [-0.15, -0.1) is 0 Å². The summed E-state index contributed by atoms with van der Waals surface area (Å²) >= 11 is 0. The van der Waals surface area contributed by atoms with Crippen molar-refractivity contribution in [2.75, 3.05) is 5.32 Å². The monoisotopic (exact) mass is 289 g/mol. The van der Waals surface area contributed by atoms with E-state index in [-0.39, 0.29) is 5.69 Å². The second-order valence-electron chi connectivity index (χ2n) is 4.21. The number of benzene rings is 2. The molecule has 0 aliphatic carbocycles. The highest BCUT2D eigenvalue weighted by atomic mass is 16.6. The van der Waals surface area contributed by atoms with Crippen molar-refractivity contribution < 1.29 is 15.0 Å². The fraction of sp³-hybridized carbons (Fsp3) is 0.0769. The molecule has 0 unspecified atom stereocenters. The van der Waals surface area contributed by atoms with Crippen LogP contribution in [0.25, 0.3) is 0 Å². The van der Waals surface area contributed by atoms with E-state index in [4.69, 9.17) is 0 Å². The van der Waals surface area contributed by atoms with Crippen molar-refractivity contribution in [3.63, 3.8) is 0 Å². The normalized spacial score (nSPS) is 10.1. The largest absolute Gasteiger partial charge is 0.502 e. The number of nitro benzene ring substituents is 2. The van der Waals surface area contributed by atoms with Crippen LogP contribution < -0.4 is 5.32 Å². The summed E-state index contributed by atoms with van der Waals surface area (Å²) in [5.74, 6) is -0.624. The third-order valence-electron chi connectivity index (χ3n) is 2.81. The first-order valence-corrected chi connectivity index (χ1v) is 5.92. The van der Waals surface area contributed by atoms with Crippen LogP contribution >= 0.6 is 0 Å². The van der Waals surface area contributed by atoms with Gasteiger partial charge < -0.3 is 10.4 Å². The van der Waals surface area contributed by atoms with Gasteiger partial charge in [0.1, 0.15) is 5.69 Å². The molecule has 8 heteroatoms. The molecule has 8 nitrogen and oxygen atoms in total. The Balaban J connectivity index is 2.32. The number of anilines is 1. The lowest BCUT2D eigenvalue weighted by Gasteiger charge is -2.08. The lowest BCUT2D eigenvalue weighted by atomic mass is 10.2. The number of nitro groups is 2. The molecule has 0 aliphatic rings. The maximum Gasteiger partial charge on any atom is 0.317 e. The molecule has 108 valence electrons. The molecular weight excluding hydrogens is 278 g/mol. The standard InChI is InChI=1S/C13H11N3O5/c17-13-6-10(14-8-9-4-2-1-3-5-9)11(15(18)19)7-12(13)16(20)21/h1-7,14,17H,8H2. The van der Waals surface area contributed by atoms with E-state index in [0.29, 0.717) is 6.54 Å². The molecular formula is C13H11N3O5. The minimum Gasteiger partial charge on any atom is -0.502 e. The minimum atomic E-state index is -0.872. The lowest BCUT2D eigenvalue weighted by Crippen LogP contribution is -2.03. The number of hydrogen-bond donors (Lipinski definition) is 2. The molecule has 21 heavy (non-hydrogen) atoms. The van der Waals surface area contributed by atoms with Crippen LogP contribution in [0.5, 0.6) is 5.75 Å². The van der Waals surface area contributed by atoms with E-state index >= 15 is 0 Å².